The minimum atomic E-state index is -1.98. The van der Waals surface area contributed by atoms with Crippen molar-refractivity contribution < 1.29 is 19.8 Å². The maximum absolute atomic E-state index is 12.9. The molecule has 192 valence electrons. The van der Waals surface area contributed by atoms with Gasteiger partial charge >= 0.3 is 0 Å². The Morgan fingerprint density at radius 3 is 2.64 bits per heavy atom. The van der Waals surface area contributed by atoms with Gasteiger partial charge < -0.3 is 31.2 Å². The maximum atomic E-state index is 12.9. The maximum Gasteiger partial charge on any atom is 0.255 e. The molecular formula is C26H30Cl2N4O4. The van der Waals surface area contributed by atoms with Crippen LogP contribution in [-0.4, -0.2) is 57.4 Å². The van der Waals surface area contributed by atoms with E-state index in [2.05, 4.69) is 10.6 Å². The molecule has 5 N–H and O–H groups in total. The summed E-state index contributed by atoms with van der Waals surface area (Å²) in [6.45, 7) is 2.42. The molecule has 1 fully saturated rings. The van der Waals surface area contributed by atoms with Gasteiger partial charge in [0.2, 0.25) is 0 Å². The molecule has 2 aromatic carbocycles. The zero-order chi connectivity index (χ0) is 26.2. The van der Waals surface area contributed by atoms with E-state index in [9.17, 15) is 19.8 Å². The number of likely N-dealkylation sites (tertiary alicyclic amines) is 1. The van der Waals surface area contributed by atoms with Gasteiger partial charge in [-0.2, -0.15) is 0 Å². The highest BCUT2D eigenvalue weighted by Crippen LogP contribution is 2.33. The van der Waals surface area contributed by atoms with Crippen LogP contribution < -0.4 is 10.6 Å². The summed E-state index contributed by atoms with van der Waals surface area (Å²) in [5, 5.41) is 35.6. The largest absolute Gasteiger partial charge is 0.387 e. The Morgan fingerprint density at radius 2 is 1.92 bits per heavy atom. The Morgan fingerprint density at radius 1 is 1.17 bits per heavy atom. The van der Waals surface area contributed by atoms with Gasteiger partial charge in [-0.1, -0.05) is 53.5 Å². The average molecular weight is 533 g/mol. The monoisotopic (exact) mass is 532 g/mol. The molecule has 1 aliphatic rings. The summed E-state index contributed by atoms with van der Waals surface area (Å²) in [6.07, 6.45) is 0.534. The first-order valence-corrected chi connectivity index (χ1v) is 12.4. The Hall–Kier alpha value is -2.91. The molecular weight excluding hydrogens is 503 g/mol. The van der Waals surface area contributed by atoms with Gasteiger partial charge in [0.15, 0.2) is 12.2 Å². The van der Waals surface area contributed by atoms with Crippen LogP contribution in [0.5, 0.6) is 0 Å². The van der Waals surface area contributed by atoms with Gasteiger partial charge in [0, 0.05) is 23.1 Å². The van der Waals surface area contributed by atoms with Crippen LogP contribution in [0.2, 0.25) is 10.0 Å². The van der Waals surface area contributed by atoms with Crippen molar-refractivity contribution in [2.75, 3.05) is 6.54 Å². The van der Waals surface area contributed by atoms with E-state index in [4.69, 9.17) is 28.6 Å². The fourth-order valence-corrected chi connectivity index (χ4v) is 4.42. The van der Waals surface area contributed by atoms with Crippen molar-refractivity contribution in [3.63, 3.8) is 0 Å². The third-order valence-electron chi connectivity index (χ3n) is 6.05. The minimum Gasteiger partial charge on any atom is -0.387 e. The second-order valence-corrected chi connectivity index (χ2v) is 9.47. The van der Waals surface area contributed by atoms with E-state index in [1.54, 1.807) is 37.4 Å². The number of nitrogens with one attached hydrogen (secondary N) is 3. The van der Waals surface area contributed by atoms with Crippen LogP contribution in [0, 0.1) is 5.41 Å². The van der Waals surface area contributed by atoms with Gasteiger partial charge in [-0.3, -0.25) is 9.59 Å². The van der Waals surface area contributed by atoms with Crippen LogP contribution in [0.3, 0.4) is 0 Å². The fraction of sp³-hybridized carbons (Fsp3) is 0.346. The summed E-state index contributed by atoms with van der Waals surface area (Å²) < 4.78 is 0. The lowest BCUT2D eigenvalue weighted by Crippen LogP contribution is -2.52. The minimum absolute atomic E-state index is 0.0589. The number of rotatable bonds is 10. The lowest BCUT2D eigenvalue weighted by Gasteiger charge is -2.29. The van der Waals surface area contributed by atoms with E-state index in [0.717, 1.165) is 17.5 Å². The van der Waals surface area contributed by atoms with E-state index in [1.165, 1.54) is 11.0 Å². The number of amides is 2. The molecule has 1 saturated heterocycles. The molecule has 0 bridgehead atoms. The summed E-state index contributed by atoms with van der Waals surface area (Å²) in [5.74, 6) is -1.67. The zero-order valence-electron chi connectivity index (χ0n) is 19.8. The number of nitrogens with zero attached hydrogens (tertiary/aromatic N) is 1. The first-order chi connectivity index (χ1) is 17.2. The van der Waals surface area contributed by atoms with Gasteiger partial charge in [-0.05, 0) is 61.4 Å². The van der Waals surface area contributed by atoms with E-state index in [0.29, 0.717) is 29.6 Å². The van der Waals surface area contributed by atoms with Crippen molar-refractivity contribution in [1.82, 2.24) is 15.5 Å². The summed E-state index contributed by atoms with van der Waals surface area (Å²) in [6, 6.07) is 13.4. The smallest absolute Gasteiger partial charge is 0.255 e. The standard InChI is InChI=1S/C26H30Cl2N4O4/c1-16(21(29)11-12-30-15-18-6-2-3-9-20(18)28)31-25(35)23(33)24(34)26(36)32-13-5-10-22(32)17-7-4-8-19(27)14-17/h2-4,6-9,11-12,14,16,22-24,29-30,33-34H,5,10,13,15H2,1H3,(H,31,35)/b12-11-,29-21?/t16-,22-,23-,24-/m1/s1. The highest BCUT2D eigenvalue weighted by Gasteiger charge is 2.38. The predicted molar refractivity (Wildman–Crippen MR) is 140 cm³/mol. The lowest BCUT2D eigenvalue weighted by molar-refractivity contribution is -0.153. The van der Waals surface area contributed by atoms with E-state index >= 15 is 0 Å². The lowest BCUT2D eigenvalue weighted by atomic mass is 10.0. The molecule has 4 atom stereocenters. The second kappa shape index (κ2) is 12.9. The van der Waals surface area contributed by atoms with Crippen LogP contribution in [0.25, 0.3) is 0 Å². The fourth-order valence-electron chi connectivity index (χ4n) is 4.02. The van der Waals surface area contributed by atoms with Crippen molar-refractivity contribution in [3.8, 4) is 0 Å². The van der Waals surface area contributed by atoms with Crippen molar-refractivity contribution in [2.45, 2.75) is 50.6 Å². The zero-order valence-corrected chi connectivity index (χ0v) is 21.3. The highest BCUT2D eigenvalue weighted by molar-refractivity contribution is 6.31. The first-order valence-electron chi connectivity index (χ1n) is 11.6. The highest BCUT2D eigenvalue weighted by atomic mass is 35.5. The number of hydrogen-bond acceptors (Lipinski definition) is 6. The molecule has 1 heterocycles. The molecule has 0 aliphatic carbocycles. The summed E-state index contributed by atoms with van der Waals surface area (Å²) in [5.41, 5.74) is 1.79. The number of halogens is 2. The Balaban J connectivity index is 1.52. The first kappa shape index (κ1) is 27.7. The van der Waals surface area contributed by atoms with Gasteiger partial charge in [0.1, 0.15) is 0 Å². The Labute approximate surface area is 220 Å². The molecule has 0 saturated carbocycles. The van der Waals surface area contributed by atoms with E-state index in [1.807, 2.05) is 24.3 Å². The Kier molecular flexibility index (Phi) is 9.89. The number of carbonyl (C=O) groups is 2. The van der Waals surface area contributed by atoms with Crippen molar-refractivity contribution >= 4 is 40.7 Å². The molecule has 2 amide bonds. The van der Waals surface area contributed by atoms with Crippen LogP contribution in [-0.2, 0) is 16.1 Å². The van der Waals surface area contributed by atoms with Gasteiger partial charge in [0.05, 0.1) is 17.8 Å². The molecule has 8 nitrogen and oxygen atoms in total. The molecule has 0 unspecified atom stereocenters. The quantitative estimate of drug-likeness (QED) is 0.300. The van der Waals surface area contributed by atoms with Crippen LogP contribution in [0.15, 0.2) is 60.8 Å². The predicted octanol–water partition coefficient (Wildman–Crippen LogP) is 3.21. The number of benzene rings is 2. The average Bonchev–Trinajstić information content (AvgIpc) is 3.36. The number of carbonyl (C=O) groups excluding carboxylic acids is 2. The molecule has 2 aromatic rings. The van der Waals surface area contributed by atoms with Gasteiger partial charge in [0.25, 0.3) is 11.8 Å². The number of aliphatic hydroxyl groups excluding tert-OH is 2. The summed E-state index contributed by atoms with van der Waals surface area (Å²) >= 11 is 12.2. The molecule has 0 spiro atoms. The molecule has 3 rings (SSSR count). The number of hydrogen-bond donors (Lipinski definition) is 5. The molecule has 10 heteroatoms. The van der Waals surface area contributed by atoms with Crippen molar-refractivity contribution in [2.24, 2.45) is 0 Å². The van der Waals surface area contributed by atoms with E-state index in [-0.39, 0.29) is 11.8 Å². The number of aliphatic hydroxyl groups is 2. The van der Waals surface area contributed by atoms with E-state index < -0.39 is 30.1 Å². The van der Waals surface area contributed by atoms with Crippen LogP contribution in [0.4, 0.5) is 0 Å². The van der Waals surface area contributed by atoms with Gasteiger partial charge in [-0.25, -0.2) is 0 Å². The SMILES string of the molecule is C[C@@H](NC(=O)[C@H](O)[C@@H](O)C(=O)N1CCC[C@@H]1c1cccc(Cl)c1)C(=N)/C=C\NCc1ccccc1Cl. The van der Waals surface area contributed by atoms with Crippen molar-refractivity contribution in [1.29, 1.82) is 5.41 Å². The molecule has 0 aromatic heterocycles. The van der Waals surface area contributed by atoms with Crippen LogP contribution in [0.1, 0.15) is 36.9 Å². The van der Waals surface area contributed by atoms with Crippen LogP contribution >= 0.6 is 23.2 Å². The molecule has 0 radical (unpaired) electrons. The Bertz CT molecular complexity index is 1130. The third kappa shape index (κ3) is 7.07. The molecule has 1 aliphatic heterocycles. The van der Waals surface area contributed by atoms with Crippen molar-refractivity contribution in [3.05, 3.63) is 82.0 Å². The normalized spacial score (nSPS) is 18.0. The third-order valence-corrected chi connectivity index (χ3v) is 6.65. The molecule has 36 heavy (non-hydrogen) atoms. The van der Waals surface area contributed by atoms with Gasteiger partial charge in [-0.15, -0.1) is 0 Å². The second-order valence-electron chi connectivity index (χ2n) is 8.63. The summed E-state index contributed by atoms with van der Waals surface area (Å²) in [7, 11) is 0. The topological polar surface area (TPSA) is 126 Å². The summed E-state index contributed by atoms with van der Waals surface area (Å²) in [4.78, 5) is 26.9.